The van der Waals surface area contributed by atoms with Gasteiger partial charge in [-0.2, -0.15) is 10.1 Å². The van der Waals surface area contributed by atoms with E-state index in [4.69, 9.17) is 9.97 Å². The van der Waals surface area contributed by atoms with E-state index in [1.165, 1.54) is 6.42 Å². The molecule has 176 valence electrons. The van der Waals surface area contributed by atoms with Crippen molar-refractivity contribution in [2.24, 2.45) is 0 Å². The van der Waals surface area contributed by atoms with Crippen LogP contribution in [0.4, 0.5) is 17.6 Å². The fraction of sp³-hybridized carbons (Fsp3) is 0.480. The van der Waals surface area contributed by atoms with Crippen LogP contribution in [-0.4, -0.2) is 61.6 Å². The quantitative estimate of drug-likeness (QED) is 0.603. The molecule has 0 spiro atoms. The number of H-pyrrole nitrogens is 1. The Kier molecular flexibility index (Phi) is 5.60. The van der Waals surface area contributed by atoms with Crippen molar-refractivity contribution in [1.29, 1.82) is 0 Å². The van der Waals surface area contributed by atoms with Crippen LogP contribution in [0.15, 0.2) is 30.6 Å². The second-order valence-corrected chi connectivity index (χ2v) is 9.42. The predicted molar refractivity (Wildman–Crippen MR) is 130 cm³/mol. The number of aryl methyl sites for hydroxylation is 1. The van der Waals surface area contributed by atoms with Crippen molar-refractivity contribution in [1.82, 2.24) is 30.0 Å². The molecule has 2 saturated heterocycles. The lowest BCUT2D eigenvalue weighted by Gasteiger charge is -2.32. The summed E-state index contributed by atoms with van der Waals surface area (Å²) in [4.78, 5) is 31.5. The summed E-state index contributed by atoms with van der Waals surface area (Å²) in [6.45, 7) is 2.57. The highest BCUT2D eigenvalue weighted by atomic mass is 16.2. The van der Waals surface area contributed by atoms with E-state index >= 15 is 0 Å². The first-order chi connectivity index (χ1) is 16.8. The van der Waals surface area contributed by atoms with E-state index in [1.54, 1.807) is 12.4 Å². The molecule has 9 heteroatoms. The van der Waals surface area contributed by atoms with E-state index in [1.807, 2.05) is 23.1 Å². The van der Waals surface area contributed by atoms with Crippen molar-refractivity contribution in [3.8, 4) is 11.3 Å². The Bertz CT molecular complexity index is 1170. The van der Waals surface area contributed by atoms with Gasteiger partial charge in [0.05, 0.1) is 11.4 Å². The number of nitrogens with one attached hydrogen (secondary N) is 2. The van der Waals surface area contributed by atoms with Crippen LogP contribution in [0.5, 0.6) is 0 Å². The molecule has 0 bridgehead atoms. The van der Waals surface area contributed by atoms with Crippen molar-refractivity contribution < 1.29 is 4.79 Å². The second-order valence-electron chi connectivity index (χ2n) is 9.42. The van der Waals surface area contributed by atoms with E-state index in [0.717, 1.165) is 92.9 Å². The van der Waals surface area contributed by atoms with Crippen LogP contribution >= 0.6 is 0 Å². The Hall–Kier alpha value is -3.49. The lowest BCUT2D eigenvalue weighted by Crippen LogP contribution is -2.48. The van der Waals surface area contributed by atoms with Crippen LogP contribution in [-0.2, 0) is 17.6 Å². The highest BCUT2D eigenvalue weighted by molar-refractivity contribution is 5.85. The Morgan fingerprint density at radius 2 is 1.85 bits per heavy atom. The van der Waals surface area contributed by atoms with Crippen LogP contribution in [0.3, 0.4) is 0 Å². The minimum absolute atomic E-state index is 0.158. The number of carbonyl (C=O) groups is 1. The first kappa shape index (κ1) is 21.1. The molecule has 34 heavy (non-hydrogen) atoms. The molecule has 1 atom stereocenters. The molecule has 2 N–H and O–H groups in total. The topological polar surface area (TPSA) is 103 Å². The van der Waals surface area contributed by atoms with Crippen LogP contribution in [0.25, 0.3) is 11.3 Å². The molecule has 2 fully saturated rings. The molecule has 3 aromatic rings. The molecule has 1 amide bonds. The number of hydrogen-bond acceptors (Lipinski definition) is 7. The van der Waals surface area contributed by atoms with Gasteiger partial charge in [0.15, 0.2) is 5.82 Å². The van der Waals surface area contributed by atoms with Crippen molar-refractivity contribution in [3.05, 3.63) is 41.9 Å². The van der Waals surface area contributed by atoms with Crippen LogP contribution in [0, 0.1) is 0 Å². The van der Waals surface area contributed by atoms with Gasteiger partial charge < -0.3 is 15.1 Å². The average molecular weight is 459 g/mol. The Morgan fingerprint density at radius 1 is 1.00 bits per heavy atom. The molecule has 3 aliphatic rings. The maximum atomic E-state index is 13.3. The van der Waals surface area contributed by atoms with Gasteiger partial charge in [0.25, 0.3) is 0 Å². The summed E-state index contributed by atoms with van der Waals surface area (Å²) in [5, 5.41) is 11.0. The van der Waals surface area contributed by atoms with Gasteiger partial charge in [-0.3, -0.25) is 14.9 Å². The van der Waals surface area contributed by atoms with Crippen molar-refractivity contribution in [3.63, 3.8) is 0 Å². The van der Waals surface area contributed by atoms with Gasteiger partial charge >= 0.3 is 0 Å². The molecule has 9 nitrogen and oxygen atoms in total. The van der Waals surface area contributed by atoms with E-state index in [2.05, 4.69) is 25.4 Å². The molecule has 2 aliphatic heterocycles. The minimum atomic E-state index is -0.158. The molecule has 0 radical (unpaired) electrons. The molecule has 1 aliphatic carbocycles. The summed E-state index contributed by atoms with van der Waals surface area (Å²) in [6.07, 6.45) is 11.8. The fourth-order valence-corrected chi connectivity index (χ4v) is 5.43. The molecule has 0 saturated carbocycles. The maximum Gasteiger partial charge on any atom is 0.245 e. The zero-order valence-corrected chi connectivity index (χ0v) is 19.3. The van der Waals surface area contributed by atoms with E-state index in [0.29, 0.717) is 11.8 Å². The van der Waals surface area contributed by atoms with Crippen molar-refractivity contribution in [2.75, 3.05) is 29.9 Å². The number of amides is 1. The number of rotatable bonds is 5. The van der Waals surface area contributed by atoms with E-state index in [9.17, 15) is 4.79 Å². The normalized spacial score (nSPS) is 19.9. The van der Waals surface area contributed by atoms with Gasteiger partial charge in [-0.1, -0.05) is 0 Å². The van der Waals surface area contributed by atoms with Gasteiger partial charge in [0.2, 0.25) is 11.9 Å². The standard InChI is InChI=1S/C25H30N8O/c34-24(32-13-2-1-3-14-32)21-8-5-15-33(21)25-27-19-7-4-6-18(19)23(29-25)28-22-16-20(30-31-22)17-9-11-26-12-10-17/h9-12,16,21H,1-8,13-15H2,(H2,27,28,29,30,31)/t21-/m0/s1. The molecule has 5 heterocycles. The zero-order chi connectivity index (χ0) is 22.9. The largest absolute Gasteiger partial charge is 0.341 e. The van der Waals surface area contributed by atoms with Gasteiger partial charge in [-0.15, -0.1) is 0 Å². The highest BCUT2D eigenvalue weighted by Crippen LogP contribution is 2.33. The third-order valence-electron chi connectivity index (χ3n) is 7.20. The highest BCUT2D eigenvalue weighted by Gasteiger charge is 2.36. The molecule has 3 aromatic heterocycles. The third kappa shape index (κ3) is 3.99. The number of aromatic nitrogens is 5. The van der Waals surface area contributed by atoms with Gasteiger partial charge in [-0.25, -0.2) is 4.98 Å². The first-order valence-corrected chi connectivity index (χ1v) is 12.4. The Balaban J connectivity index is 1.27. The second kappa shape index (κ2) is 9.04. The number of nitrogens with zero attached hydrogens (tertiary/aromatic N) is 6. The van der Waals surface area contributed by atoms with Crippen LogP contribution < -0.4 is 10.2 Å². The Morgan fingerprint density at radius 3 is 2.71 bits per heavy atom. The van der Waals surface area contributed by atoms with Crippen molar-refractivity contribution in [2.45, 2.75) is 57.4 Å². The number of carbonyl (C=O) groups excluding carboxylic acids is 1. The number of fused-ring (bicyclic) bond motifs is 1. The molecule has 0 unspecified atom stereocenters. The SMILES string of the molecule is O=C([C@@H]1CCCN1c1nc2c(c(Nc3cc(-c4ccncc4)[nH]n3)n1)CCC2)N1CCCCC1. The van der Waals surface area contributed by atoms with E-state index in [-0.39, 0.29) is 11.9 Å². The molecular weight excluding hydrogens is 428 g/mol. The number of pyridine rings is 1. The van der Waals surface area contributed by atoms with E-state index < -0.39 is 0 Å². The monoisotopic (exact) mass is 458 g/mol. The number of aromatic amines is 1. The van der Waals surface area contributed by atoms with Crippen LogP contribution in [0.1, 0.15) is 49.8 Å². The molecule has 0 aromatic carbocycles. The number of piperidine rings is 1. The van der Waals surface area contributed by atoms with Gasteiger partial charge in [0, 0.05) is 49.2 Å². The maximum absolute atomic E-state index is 13.3. The fourth-order valence-electron chi connectivity index (χ4n) is 5.43. The smallest absolute Gasteiger partial charge is 0.245 e. The number of hydrogen-bond donors (Lipinski definition) is 2. The summed E-state index contributed by atoms with van der Waals surface area (Å²) in [6, 6.07) is 5.72. The minimum Gasteiger partial charge on any atom is -0.341 e. The lowest BCUT2D eigenvalue weighted by atomic mass is 10.1. The first-order valence-electron chi connectivity index (χ1n) is 12.4. The zero-order valence-electron chi connectivity index (χ0n) is 19.3. The molecule has 6 rings (SSSR count). The summed E-state index contributed by atoms with van der Waals surface area (Å²) in [5.41, 5.74) is 4.20. The number of likely N-dealkylation sites (tertiary alicyclic amines) is 1. The summed E-state index contributed by atoms with van der Waals surface area (Å²) in [7, 11) is 0. The Labute approximate surface area is 199 Å². The third-order valence-corrected chi connectivity index (χ3v) is 7.20. The van der Waals surface area contributed by atoms with Gasteiger partial charge in [0.1, 0.15) is 11.9 Å². The lowest BCUT2D eigenvalue weighted by molar-refractivity contribution is -0.133. The van der Waals surface area contributed by atoms with Crippen molar-refractivity contribution >= 4 is 23.5 Å². The molecular formula is C25H30N8O. The summed E-state index contributed by atoms with van der Waals surface area (Å²) < 4.78 is 0. The summed E-state index contributed by atoms with van der Waals surface area (Å²) >= 11 is 0. The average Bonchev–Trinajstić information content (AvgIpc) is 3.65. The number of anilines is 3. The van der Waals surface area contributed by atoms with Gasteiger partial charge in [-0.05, 0) is 63.5 Å². The van der Waals surface area contributed by atoms with Crippen LogP contribution in [0.2, 0.25) is 0 Å². The summed E-state index contributed by atoms with van der Waals surface area (Å²) in [5.74, 6) is 2.43. The predicted octanol–water partition coefficient (Wildman–Crippen LogP) is 3.48.